The van der Waals surface area contributed by atoms with Gasteiger partial charge in [-0.25, -0.2) is 4.79 Å². The smallest absolute Gasteiger partial charge is 0.336 e. The highest BCUT2D eigenvalue weighted by Gasteiger charge is 2.17. The zero-order chi connectivity index (χ0) is 26.5. The molecule has 0 unspecified atom stereocenters. The van der Waals surface area contributed by atoms with Crippen molar-refractivity contribution in [3.63, 3.8) is 0 Å². The molecule has 37 heavy (non-hydrogen) atoms. The lowest BCUT2D eigenvalue weighted by Crippen LogP contribution is -2.50. The highest BCUT2D eigenvalue weighted by atomic mass is 16.5. The standard InChI is InChI=1S/C28H25NO8/c1-16-24(36-15-25(31)29-23(28(33)34)13-17-3-7-19(30)8-4-17)12-11-21-22(14-26(32)37-27(16)21)18-5-9-20(35-2)10-6-18/h3-12,14,23,30H,13,15H2,1-2H3,(H,29,31)(H,33,34)/p-1/t23-/m0/s1. The number of methoxy groups -OCH3 is 1. The van der Waals surface area contributed by atoms with Crippen molar-refractivity contribution < 1.29 is 33.7 Å². The summed E-state index contributed by atoms with van der Waals surface area (Å²) >= 11 is 0. The van der Waals surface area contributed by atoms with E-state index in [0.29, 0.717) is 39.2 Å². The van der Waals surface area contributed by atoms with E-state index in [1.165, 1.54) is 18.2 Å². The normalized spacial score (nSPS) is 11.6. The summed E-state index contributed by atoms with van der Waals surface area (Å²) in [6.45, 7) is 1.24. The van der Waals surface area contributed by atoms with E-state index in [0.717, 1.165) is 5.56 Å². The summed E-state index contributed by atoms with van der Waals surface area (Å²) in [7, 11) is 1.57. The Morgan fingerprint density at radius 1 is 1.05 bits per heavy atom. The average molecular weight is 502 g/mol. The Kier molecular flexibility index (Phi) is 7.43. The molecule has 3 aromatic carbocycles. The quantitative estimate of drug-likeness (QED) is 0.333. The van der Waals surface area contributed by atoms with Crippen molar-refractivity contribution in [2.24, 2.45) is 0 Å². The number of carboxylic acid groups (broad SMARTS) is 1. The molecule has 1 amide bonds. The summed E-state index contributed by atoms with van der Waals surface area (Å²) in [5.41, 5.74) is 2.36. The van der Waals surface area contributed by atoms with Crippen LogP contribution in [0.1, 0.15) is 11.1 Å². The van der Waals surface area contributed by atoms with E-state index in [1.807, 2.05) is 12.1 Å². The average Bonchev–Trinajstić information content (AvgIpc) is 2.89. The fourth-order valence-corrected chi connectivity index (χ4v) is 3.95. The number of rotatable bonds is 9. The van der Waals surface area contributed by atoms with Crippen molar-refractivity contribution in [3.8, 4) is 28.4 Å². The first kappa shape index (κ1) is 25.3. The number of aromatic hydroxyl groups is 1. The maximum absolute atomic E-state index is 12.4. The number of amides is 1. The highest BCUT2D eigenvalue weighted by Crippen LogP contribution is 2.33. The first-order valence-corrected chi connectivity index (χ1v) is 11.4. The number of benzene rings is 3. The fourth-order valence-electron chi connectivity index (χ4n) is 3.95. The molecule has 9 heteroatoms. The Morgan fingerprint density at radius 3 is 2.41 bits per heavy atom. The summed E-state index contributed by atoms with van der Waals surface area (Å²) in [6, 6.07) is 16.7. The molecule has 0 bridgehead atoms. The molecule has 2 N–H and O–H groups in total. The number of carboxylic acids is 1. The second-order valence-electron chi connectivity index (χ2n) is 8.37. The lowest BCUT2D eigenvalue weighted by Gasteiger charge is -2.20. The largest absolute Gasteiger partial charge is 0.548 e. The molecule has 0 saturated heterocycles. The van der Waals surface area contributed by atoms with Gasteiger partial charge in [-0.1, -0.05) is 24.3 Å². The van der Waals surface area contributed by atoms with Gasteiger partial charge >= 0.3 is 5.63 Å². The van der Waals surface area contributed by atoms with Gasteiger partial charge in [-0.2, -0.15) is 0 Å². The predicted molar refractivity (Wildman–Crippen MR) is 133 cm³/mol. The van der Waals surface area contributed by atoms with Gasteiger partial charge in [0.1, 0.15) is 22.8 Å². The van der Waals surface area contributed by atoms with Gasteiger partial charge in [0.15, 0.2) is 6.61 Å². The summed E-state index contributed by atoms with van der Waals surface area (Å²) < 4.78 is 16.3. The molecule has 0 aliphatic heterocycles. The number of hydrogen-bond acceptors (Lipinski definition) is 8. The molecular formula is C28H24NO8-. The third-order valence-corrected chi connectivity index (χ3v) is 5.87. The molecule has 4 aromatic rings. The number of aliphatic carboxylic acids is 1. The van der Waals surface area contributed by atoms with Crippen LogP contribution in [0, 0.1) is 6.92 Å². The molecule has 0 radical (unpaired) electrons. The van der Waals surface area contributed by atoms with Gasteiger partial charge in [0.2, 0.25) is 0 Å². The van der Waals surface area contributed by atoms with Crippen LogP contribution in [0.25, 0.3) is 22.1 Å². The van der Waals surface area contributed by atoms with Crippen molar-refractivity contribution in [1.29, 1.82) is 0 Å². The van der Waals surface area contributed by atoms with Crippen LogP contribution in [0.2, 0.25) is 0 Å². The second kappa shape index (κ2) is 10.9. The Balaban J connectivity index is 1.51. The van der Waals surface area contributed by atoms with Crippen molar-refractivity contribution in [3.05, 3.63) is 88.3 Å². The Morgan fingerprint density at radius 2 is 1.76 bits per heavy atom. The second-order valence-corrected chi connectivity index (χ2v) is 8.37. The Labute approximate surface area is 211 Å². The van der Waals surface area contributed by atoms with E-state index >= 15 is 0 Å². The zero-order valence-corrected chi connectivity index (χ0v) is 20.1. The first-order valence-electron chi connectivity index (χ1n) is 11.4. The van der Waals surface area contributed by atoms with Crippen molar-refractivity contribution >= 4 is 22.8 Å². The summed E-state index contributed by atoms with van der Waals surface area (Å²) in [6.07, 6.45) is -0.0251. The Hall–Kier alpha value is -4.79. The molecule has 0 aliphatic rings. The van der Waals surface area contributed by atoms with E-state index in [1.54, 1.807) is 50.4 Å². The maximum atomic E-state index is 12.4. The van der Waals surface area contributed by atoms with Gasteiger partial charge in [0, 0.05) is 17.0 Å². The fraction of sp³-hybridized carbons (Fsp3) is 0.179. The van der Waals surface area contributed by atoms with Crippen LogP contribution in [0.5, 0.6) is 17.2 Å². The first-order chi connectivity index (χ1) is 17.7. The number of nitrogens with one attached hydrogen (secondary N) is 1. The molecule has 1 atom stereocenters. The molecule has 0 saturated carbocycles. The molecule has 1 aromatic heterocycles. The number of phenols is 1. The van der Waals surface area contributed by atoms with Crippen LogP contribution in [0.4, 0.5) is 0 Å². The van der Waals surface area contributed by atoms with Crippen LogP contribution < -0.4 is 25.5 Å². The lowest BCUT2D eigenvalue weighted by atomic mass is 10.00. The highest BCUT2D eigenvalue weighted by molar-refractivity contribution is 5.95. The van der Waals surface area contributed by atoms with Crippen LogP contribution >= 0.6 is 0 Å². The van der Waals surface area contributed by atoms with Gasteiger partial charge < -0.3 is 34.2 Å². The SMILES string of the molecule is COc1ccc(-c2cc(=O)oc3c(C)c(OCC(=O)N[C@@H](Cc4ccc(O)cc4)C(=O)[O-])ccc23)cc1. The van der Waals surface area contributed by atoms with Gasteiger partial charge in [0.05, 0.1) is 19.1 Å². The summed E-state index contributed by atoms with van der Waals surface area (Å²) in [5.74, 6) is -1.08. The van der Waals surface area contributed by atoms with E-state index in [-0.39, 0.29) is 12.2 Å². The summed E-state index contributed by atoms with van der Waals surface area (Å²) in [5, 5.41) is 24.0. The predicted octanol–water partition coefficient (Wildman–Crippen LogP) is 2.34. The number of phenolic OH excluding ortho intramolecular Hbond substituents is 1. The minimum atomic E-state index is -1.45. The third kappa shape index (κ3) is 5.90. The zero-order valence-electron chi connectivity index (χ0n) is 20.1. The minimum Gasteiger partial charge on any atom is -0.548 e. The van der Waals surface area contributed by atoms with Gasteiger partial charge in [-0.3, -0.25) is 4.79 Å². The molecule has 4 rings (SSSR count). The van der Waals surface area contributed by atoms with Gasteiger partial charge in [-0.05, 0) is 66.4 Å². The van der Waals surface area contributed by atoms with E-state index < -0.39 is 30.2 Å². The van der Waals surface area contributed by atoms with E-state index in [2.05, 4.69) is 5.32 Å². The molecule has 0 aliphatic carbocycles. The number of ether oxygens (including phenoxy) is 2. The minimum absolute atomic E-state index is 0.0251. The molecule has 0 spiro atoms. The number of carbonyl (C=O) groups is 2. The summed E-state index contributed by atoms with van der Waals surface area (Å²) in [4.78, 5) is 36.3. The number of hydrogen-bond donors (Lipinski definition) is 2. The van der Waals surface area contributed by atoms with Crippen LogP contribution in [-0.4, -0.2) is 36.7 Å². The maximum Gasteiger partial charge on any atom is 0.336 e. The van der Waals surface area contributed by atoms with Crippen molar-refractivity contribution in [2.45, 2.75) is 19.4 Å². The third-order valence-electron chi connectivity index (χ3n) is 5.87. The number of aryl methyl sites for hydroxylation is 1. The molecule has 0 fully saturated rings. The molecule has 190 valence electrons. The van der Waals surface area contributed by atoms with Crippen molar-refractivity contribution in [1.82, 2.24) is 5.32 Å². The van der Waals surface area contributed by atoms with E-state index in [4.69, 9.17) is 13.9 Å². The lowest BCUT2D eigenvalue weighted by molar-refractivity contribution is -0.308. The topological polar surface area (TPSA) is 138 Å². The van der Waals surface area contributed by atoms with Crippen molar-refractivity contribution in [2.75, 3.05) is 13.7 Å². The van der Waals surface area contributed by atoms with Crippen LogP contribution in [0.3, 0.4) is 0 Å². The molecule has 1 heterocycles. The van der Waals surface area contributed by atoms with Crippen LogP contribution in [0.15, 0.2) is 75.9 Å². The monoisotopic (exact) mass is 502 g/mol. The Bertz CT molecular complexity index is 1490. The van der Waals surface area contributed by atoms with E-state index in [9.17, 15) is 24.6 Å². The molecule has 9 nitrogen and oxygen atoms in total. The van der Waals surface area contributed by atoms with Gasteiger partial charge in [0.25, 0.3) is 5.91 Å². The van der Waals surface area contributed by atoms with Gasteiger partial charge in [-0.15, -0.1) is 0 Å². The number of fused-ring (bicyclic) bond motifs is 1. The van der Waals surface area contributed by atoms with Crippen LogP contribution in [-0.2, 0) is 16.0 Å². The molecular weight excluding hydrogens is 478 g/mol. The number of carbonyl (C=O) groups excluding carboxylic acids is 2.